The molecule has 15 heavy (non-hydrogen) atoms. The van der Waals surface area contributed by atoms with Crippen LogP contribution in [0.4, 0.5) is 0 Å². The van der Waals surface area contributed by atoms with Crippen LogP contribution in [-0.2, 0) is 4.74 Å². The third-order valence-corrected chi connectivity index (χ3v) is 3.03. The summed E-state index contributed by atoms with van der Waals surface area (Å²) in [6, 6.07) is 0.844. The zero-order chi connectivity index (χ0) is 10.7. The summed E-state index contributed by atoms with van der Waals surface area (Å²) < 4.78 is 5.36. The van der Waals surface area contributed by atoms with E-state index >= 15 is 0 Å². The van der Waals surface area contributed by atoms with Crippen molar-refractivity contribution >= 4 is 5.96 Å². The SMILES string of the molecule is CC(NC(=NC1CC1)NN)C1CCOC1. The molecule has 4 N–H and O–H groups in total. The molecule has 0 spiro atoms. The predicted molar refractivity (Wildman–Crippen MR) is 59.3 cm³/mol. The Labute approximate surface area is 90.4 Å². The van der Waals surface area contributed by atoms with Gasteiger partial charge in [0.15, 0.2) is 0 Å². The van der Waals surface area contributed by atoms with Crippen molar-refractivity contribution in [2.75, 3.05) is 13.2 Å². The minimum absolute atomic E-state index is 0.362. The number of guanidine groups is 1. The maximum atomic E-state index is 5.42. The Morgan fingerprint density at radius 3 is 2.80 bits per heavy atom. The van der Waals surface area contributed by atoms with Gasteiger partial charge in [-0.25, -0.2) is 10.8 Å². The van der Waals surface area contributed by atoms with Gasteiger partial charge in [0, 0.05) is 18.6 Å². The molecule has 0 aromatic heterocycles. The molecule has 2 fully saturated rings. The van der Waals surface area contributed by atoms with E-state index in [4.69, 9.17) is 10.6 Å². The molecule has 1 heterocycles. The number of rotatable bonds is 3. The minimum atomic E-state index is 0.362. The first-order chi connectivity index (χ1) is 7.29. The normalized spacial score (nSPS) is 28.9. The quantitative estimate of drug-likeness (QED) is 0.266. The summed E-state index contributed by atoms with van der Waals surface area (Å²) in [4.78, 5) is 4.45. The van der Waals surface area contributed by atoms with Gasteiger partial charge in [-0.1, -0.05) is 0 Å². The van der Waals surface area contributed by atoms with E-state index in [-0.39, 0.29) is 0 Å². The molecule has 1 saturated carbocycles. The molecule has 5 heteroatoms. The molecule has 0 radical (unpaired) electrons. The zero-order valence-corrected chi connectivity index (χ0v) is 9.20. The molecule has 0 aromatic rings. The van der Waals surface area contributed by atoms with Gasteiger partial charge in [-0.3, -0.25) is 5.43 Å². The molecule has 2 unspecified atom stereocenters. The molecular formula is C10H20N4O. The summed E-state index contributed by atoms with van der Waals surface area (Å²) >= 11 is 0. The second-order valence-electron chi connectivity index (χ2n) is 4.41. The van der Waals surface area contributed by atoms with E-state index in [1.54, 1.807) is 0 Å². The molecule has 1 aliphatic carbocycles. The van der Waals surface area contributed by atoms with Gasteiger partial charge in [-0.15, -0.1) is 0 Å². The number of hydrogen-bond acceptors (Lipinski definition) is 3. The lowest BCUT2D eigenvalue weighted by molar-refractivity contribution is 0.180. The molecule has 0 aromatic carbocycles. The van der Waals surface area contributed by atoms with E-state index in [1.165, 1.54) is 12.8 Å². The molecule has 1 saturated heterocycles. The lowest BCUT2D eigenvalue weighted by atomic mass is 10.0. The maximum absolute atomic E-state index is 5.42. The summed E-state index contributed by atoms with van der Waals surface area (Å²) in [6.45, 7) is 3.87. The number of nitrogens with one attached hydrogen (secondary N) is 2. The third-order valence-electron chi connectivity index (χ3n) is 3.03. The van der Waals surface area contributed by atoms with E-state index in [0.717, 1.165) is 25.6 Å². The fourth-order valence-electron chi connectivity index (χ4n) is 1.78. The van der Waals surface area contributed by atoms with Crippen LogP contribution in [0.2, 0.25) is 0 Å². The Kier molecular flexibility index (Phi) is 3.43. The number of nitrogens with zero attached hydrogens (tertiary/aromatic N) is 1. The van der Waals surface area contributed by atoms with Crippen molar-refractivity contribution in [1.82, 2.24) is 10.7 Å². The van der Waals surface area contributed by atoms with Gasteiger partial charge in [0.05, 0.1) is 12.6 Å². The van der Waals surface area contributed by atoms with Crippen molar-refractivity contribution in [3.8, 4) is 0 Å². The third kappa shape index (κ3) is 3.07. The van der Waals surface area contributed by atoms with Gasteiger partial charge in [0.2, 0.25) is 5.96 Å². The second-order valence-corrected chi connectivity index (χ2v) is 4.41. The van der Waals surface area contributed by atoms with Crippen molar-refractivity contribution < 1.29 is 4.74 Å². The highest BCUT2D eigenvalue weighted by molar-refractivity contribution is 5.79. The van der Waals surface area contributed by atoms with Gasteiger partial charge in [0.25, 0.3) is 0 Å². The van der Waals surface area contributed by atoms with E-state index in [2.05, 4.69) is 22.7 Å². The van der Waals surface area contributed by atoms with Crippen molar-refractivity contribution in [1.29, 1.82) is 0 Å². The summed E-state index contributed by atoms with van der Waals surface area (Å²) in [6.07, 6.45) is 3.50. The predicted octanol–water partition coefficient (Wildman–Crippen LogP) is -0.0173. The van der Waals surface area contributed by atoms with Crippen LogP contribution in [-0.4, -0.2) is 31.3 Å². The Bertz CT molecular complexity index is 234. The van der Waals surface area contributed by atoms with Crippen LogP contribution in [0.1, 0.15) is 26.2 Å². The molecule has 1 aliphatic heterocycles. The Morgan fingerprint density at radius 2 is 2.27 bits per heavy atom. The van der Waals surface area contributed by atoms with Crippen LogP contribution >= 0.6 is 0 Å². The second kappa shape index (κ2) is 4.81. The first-order valence-corrected chi connectivity index (χ1v) is 5.68. The Morgan fingerprint density at radius 1 is 1.47 bits per heavy atom. The van der Waals surface area contributed by atoms with E-state index in [9.17, 15) is 0 Å². The van der Waals surface area contributed by atoms with Crippen molar-refractivity contribution in [2.24, 2.45) is 16.8 Å². The van der Waals surface area contributed by atoms with Crippen LogP contribution in [0, 0.1) is 5.92 Å². The zero-order valence-electron chi connectivity index (χ0n) is 9.20. The average Bonchev–Trinajstić information content (AvgIpc) is 2.88. The Hall–Kier alpha value is -0.810. The topological polar surface area (TPSA) is 71.7 Å². The standard InChI is InChI=1S/C10H20N4O/c1-7(8-4-5-15-6-8)12-10(14-11)13-9-2-3-9/h7-9H,2-6,11H2,1H3,(H2,12,13,14). The first kappa shape index (κ1) is 10.7. The number of nitrogens with two attached hydrogens (primary N) is 1. The van der Waals surface area contributed by atoms with Gasteiger partial charge in [-0.05, 0) is 26.2 Å². The highest BCUT2D eigenvalue weighted by Crippen LogP contribution is 2.23. The van der Waals surface area contributed by atoms with Crippen LogP contribution in [0.25, 0.3) is 0 Å². The summed E-state index contributed by atoms with van der Waals surface area (Å²) in [5, 5.41) is 3.31. The number of aliphatic imine (C=N–C) groups is 1. The van der Waals surface area contributed by atoms with Crippen LogP contribution in [0.5, 0.6) is 0 Å². The lowest BCUT2D eigenvalue weighted by Gasteiger charge is -2.21. The highest BCUT2D eigenvalue weighted by atomic mass is 16.5. The van der Waals surface area contributed by atoms with Gasteiger partial charge < -0.3 is 10.1 Å². The van der Waals surface area contributed by atoms with Crippen molar-refractivity contribution in [3.63, 3.8) is 0 Å². The fraction of sp³-hybridized carbons (Fsp3) is 0.900. The van der Waals surface area contributed by atoms with E-state index in [0.29, 0.717) is 18.0 Å². The van der Waals surface area contributed by atoms with Crippen molar-refractivity contribution in [2.45, 2.75) is 38.3 Å². The molecule has 0 bridgehead atoms. The fourth-order valence-corrected chi connectivity index (χ4v) is 1.78. The monoisotopic (exact) mass is 212 g/mol. The highest BCUT2D eigenvalue weighted by Gasteiger charge is 2.25. The number of hydrogen-bond donors (Lipinski definition) is 3. The molecule has 86 valence electrons. The number of hydrazine groups is 1. The molecular weight excluding hydrogens is 192 g/mol. The molecule has 2 rings (SSSR count). The summed E-state index contributed by atoms with van der Waals surface area (Å²) in [7, 11) is 0. The van der Waals surface area contributed by atoms with Crippen LogP contribution in [0.3, 0.4) is 0 Å². The molecule has 0 amide bonds. The largest absolute Gasteiger partial charge is 0.381 e. The summed E-state index contributed by atoms with van der Waals surface area (Å²) in [5.41, 5.74) is 2.63. The smallest absolute Gasteiger partial charge is 0.206 e. The van der Waals surface area contributed by atoms with Gasteiger partial charge in [0.1, 0.15) is 0 Å². The van der Waals surface area contributed by atoms with Gasteiger partial charge >= 0.3 is 0 Å². The molecule has 2 aliphatic rings. The van der Waals surface area contributed by atoms with Crippen molar-refractivity contribution in [3.05, 3.63) is 0 Å². The minimum Gasteiger partial charge on any atom is -0.381 e. The molecule has 5 nitrogen and oxygen atoms in total. The molecule has 2 atom stereocenters. The van der Waals surface area contributed by atoms with Crippen LogP contribution in [0.15, 0.2) is 4.99 Å². The van der Waals surface area contributed by atoms with E-state index in [1.807, 2.05) is 0 Å². The average molecular weight is 212 g/mol. The Balaban J connectivity index is 1.82. The first-order valence-electron chi connectivity index (χ1n) is 5.68. The number of ether oxygens (including phenoxy) is 1. The van der Waals surface area contributed by atoms with Crippen LogP contribution < -0.4 is 16.6 Å². The van der Waals surface area contributed by atoms with E-state index < -0.39 is 0 Å². The van der Waals surface area contributed by atoms with Gasteiger partial charge in [-0.2, -0.15) is 0 Å². The maximum Gasteiger partial charge on any atom is 0.206 e. The summed E-state index contributed by atoms with van der Waals surface area (Å²) in [5.74, 6) is 6.71. The lowest BCUT2D eigenvalue weighted by Crippen LogP contribution is -2.48.